The molecule has 0 unspecified atom stereocenters. The van der Waals surface area contributed by atoms with Gasteiger partial charge in [0.25, 0.3) is 0 Å². The molecule has 4 heteroatoms. The lowest BCUT2D eigenvalue weighted by atomic mass is 10.3. The van der Waals surface area contributed by atoms with Gasteiger partial charge in [-0.2, -0.15) is 5.10 Å². The molecule has 0 aliphatic heterocycles. The summed E-state index contributed by atoms with van der Waals surface area (Å²) in [6.07, 6.45) is 3.57. The Morgan fingerprint density at radius 2 is 2.50 bits per heavy atom. The van der Waals surface area contributed by atoms with Crippen LogP contribution in [0.4, 0.5) is 0 Å². The zero-order valence-corrected chi connectivity index (χ0v) is 7.61. The Morgan fingerprint density at radius 3 is 3.00 bits per heavy atom. The van der Waals surface area contributed by atoms with Crippen molar-refractivity contribution in [1.29, 1.82) is 0 Å². The lowest BCUT2D eigenvalue weighted by Gasteiger charge is -1.89. The zero-order chi connectivity index (χ0) is 8.97. The van der Waals surface area contributed by atoms with E-state index in [1.165, 1.54) is 0 Å². The molecule has 1 aromatic rings. The van der Waals surface area contributed by atoms with Crippen LogP contribution in [0.5, 0.6) is 0 Å². The average molecular weight is 167 g/mol. The van der Waals surface area contributed by atoms with Crippen molar-refractivity contribution in [2.24, 2.45) is 12.2 Å². The van der Waals surface area contributed by atoms with Crippen molar-refractivity contribution in [3.05, 3.63) is 17.5 Å². The second-order valence-corrected chi connectivity index (χ2v) is 2.50. The van der Waals surface area contributed by atoms with Crippen molar-refractivity contribution in [2.75, 3.05) is 6.61 Å². The maximum absolute atomic E-state index is 4.83. The summed E-state index contributed by atoms with van der Waals surface area (Å²) >= 11 is 0. The first-order valence-corrected chi connectivity index (χ1v) is 3.89. The summed E-state index contributed by atoms with van der Waals surface area (Å²) in [5, 5.41) is 7.92. The molecule has 0 aromatic carbocycles. The number of rotatable bonds is 3. The van der Waals surface area contributed by atoms with Crippen LogP contribution in [-0.2, 0) is 11.9 Å². The molecule has 0 saturated carbocycles. The minimum Gasteiger partial charge on any atom is -0.396 e. The lowest BCUT2D eigenvalue weighted by Crippen LogP contribution is -1.86. The molecule has 0 amide bonds. The number of aromatic nitrogens is 2. The third kappa shape index (κ3) is 2.08. The summed E-state index contributed by atoms with van der Waals surface area (Å²) in [6, 6.07) is 0. The highest BCUT2D eigenvalue weighted by Crippen LogP contribution is 2.00. The molecule has 1 aromatic heterocycles. The van der Waals surface area contributed by atoms with E-state index in [1.807, 2.05) is 27.1 Å². The minimum atomic E-state index is 0.593. The Hall–Kier alpha value is -1.32. The number of hydrogen-bond donors (Lipinski definition) is 0. The smallest absolute Gasteiger partial charge is 0.114 e. The first-order chi connectivity index (χ1) is 5.74. The highest BCUT2D eigenvalue weighted by atomic mass is 16.6. The molecule has 0 aliphatic carbocycles. The quantitative estimate of drug-likeness (QED) is 0.499. The Bertz CT molecular complexity index is 278. The van der Waals surface area contributed by atoms with Gasteiger partial charge in [-0.25, -0.2) is 0 Å². The molecule has 1 rings (SSSR count). The van der Waals surface area contributed by atoms with Crippen LogP contribution in [0, 0.1) is 6.92 Å². The van der Waals surface area contributed by atoms with Crippen molar-refractivity contribution >= 4 is 6.21 Å². The number of nitrogens with zero attached hydrogens (tertiary/aromatic N) is 3. The predicted octanol–water partition coefficient (Wildman–Crippen LogP) is 1.10. The van der Waals surface area contributed by atoms with Crippen molar-refractivity contribution in [3.8, 4) is 0 Å². The van der Waals surface area contributed by atoms with Gasteiger partial charge in [0.2, 0.25) is 0 Å². The SMILES string of the molecule is CCO/N=C/c1cn(C)nc1C. The van der Waals surface area contributed by atoms with Crippen LogP contribution in [-0.4, -0.2) is 22.6 Å². The van der Waals surface area contributed by atoms with Gasteiger partial charge in [0.15, 0.2) is 0 Å². The van der Waals surface area contributed by atoms with Gasteiger partial charge in [-0.15, -0.1) is 0 Å². The molecule has 0 bridgehead atoms. The van der Waals surface area contributed by atoms with Gasteiger partial charge in [-0.1, -0.05) is 5.16 Å². The molecule has 0 fully saturated rings. The monoisotopic (exact) mass is 167 g/mol. The summed E-state index contributed by atoms with van der Waals surface area (Å²) < 4.78 is 1.75. The molecule has 0 N–H and O–H groups in total. The molecule has 0 atom stereocenters. The number of oxime groups is 1. The third-order valence-electron chi connectivity index (χ3n) is 1.45. The highest BCUT2D eigenvalue weighted by Gasteiger charge is 1.98. The van der Waals surface area contributed by atoms with Gasteiger partial charge in [0, 0.05) is 18.8 Å². The van der Waals surface area contributed by atoms with Gasteiger partial charge in [-0.05, 0) is 13.8 Å². The fourth-order valence-electron chi connectivity index (χ4n) is 0.913. The summed E-state index contributed by atoms with van der Waals surface area (Å²) in [5.74, 6) is 0. The van der Waals surface area contributed by atoms with Crippen molar-refractivity contribution < 1.29 is 4.84 Å². The van der Waals surface area contributed by atoms with Crippen LogP contribution in [0.1, 0.15) is 18.2 Å². The van der Waals surface area contributed by atoms with Gasteiger partial charge in [0.1, 0.15) is 6.61 Å². The largest absolute Gasteiger partial charge is 0.396 e. The first kappa shape index (κ1) is 8.77. The lowest BCUT2D eigenvalue weighted by molar-refractivity contribution is 0.160. The average Bonchev–Trinajstić information content (AvgIpc) is 2.31. The Morgan fingerprint density at radius 1 is 1.75 bits per heavy atom. The van der Waals surface area contributed by atoms with E-state index in [2.05, 4.69) is 10.3 Å². The van der Waals surface area contributed by atoms with Crippen molar-refractivity contribution in [3.63, 3.8) is 0 Å². The van der Waals surface area contributed by atoms with E-state index >= 15 is 0 Å². The van der Waals surface area contributed by atoms with Gasteiger partial charge >= 0.3 is 0 Å². The van der Waals surface area contributed by atoms with E-state index in [9.17, 15) is 0 Å². The van der Waals surface area contributed by atoms with Gasteiger partial charge in [-0.3, -0.25) is 4.68 Å². The standard InChI is InChI=1S/C8H13N3O/c1-4-12-9-5-8-6-11(3)10-7(8)2/h5-6H,4H2,1-3H3/b9-5+. The predicted molar refractivity (Wildman–Crippen MR) is 47.2 cm³/mol. The Labute approximate surface area is 71.8 Å². The molecule has 0 spiro atoms. The fourth-order valence-corrected chi connectivity index (χ4v) is 0.913. The number of hydrogen-bond acceptors (Lipinski definition) is 3. The molecule has 66 valence electrons. The topological polar surface area (TPSA) is 39.4 Å². The molecule has 12 heavy (non-hydrogen) atoms. The summed E-state index contributed by atoms with van der Waals surface area (Å²) in [7, 11) is 1.88. The van der Waals surface area contributed by atoms with Gasteiger partial charge < -0.3 is 4.84 Å². The van der Waals surface area contributed by atoms with Crippen LogP contribution in [0.2, 0.25) is 0 Å². The van der Waals surface area contributed by atoms with Crippen molar-refractivity contribution in [2.45, 2.75) is 13.8 Å². The molecule has 4 nitrogen and oxygen atoms in total. The molecule has 1 heterocycles. The van der Waals surface area contributed by atoms with E-state index in [0.29, 0.717) is 6.61 Å². The summed E-state index contributed by atoms with van der Waals surface area (Å²) in [4.78, 5) is 4.83. The highest BCUT2D eigenvalue weighted by molar-refractivity contribution is 5.80. The Balaban J connectivity index is 2.68. The summed E-state index contributed by atoms with van der Waals surface area (Å²) in [6.45, 7) is 4.43. The molecule has 0 radical (unpaired) electrons. The fraction of sp³-hybridized carbons (Fsp3) is 0.500. The maximum atomic E-state index is 4.83. The molecule has 0 aliphatic rings. The molecular weight excluding hydrogens is 154 g/mol. The van der Waals surface area contributed by atoms with E-state index in [4.69, 9.17) is 4.84 Å². The second kappa shape index (κ2) is 3.90. The van der Waals surface area contributed by atoms with E-state index in [-0.39, 0.29) is 0 Å². The van der Waals surface area contributed by atoms with E-state index in [0.717, 1.165) is 11.3 Å². The van der Waals surface area contributed by atoms with E-state index < -0.39 is 0 Å². The van der Waals surface area contributed by atoms with Crippen LogP contribution in [0.15, 0.2) is 11.4 Å². The van der Waals surface area contributed by atoms with Crippen molar-refractivity contribution in [1.82, 2.24) is 9.78 Å². The second-order valence-electron chi connectivity index (χ2n) is 2.50. The van der Waals surface area contributed by atoms with Gasteiger partial charge in [0.05, 0.1) is 11.9 Å². The van der Waals surface area contributed by atoms with Crippen LogP contribution < -0.4 is 0 Å². The summed E-state index contributed by atoms with van der Waals surface area (Å²) in [5.41, 5.74) is 1.95. The third-order valence-corrected chi connectivity index (χ3v) is 1.45. The Kier molecular flexibility index (Phi) is 2.85. The van der Waals surface area contributed by atoms with Crippen LogP contribution in [0.25, 0.3) is 0 Å². The first-order valence-electron chi connectivity index (χ1n) is 3.89. The van der Waals surface area contributed by atoms with Crippen LogP contribution >= 0.6 is 0 Å². The molecule has 0 saturated heterocycles. The normalized spacial score (nSPS) is 10.9. The maximum Gasteiger partial charge on any atom is 0.114 e. The molecular formula is C8H13N3O. The van der Waals surface area contributed by atoms with E-state index in [1.54, 1.807) is 10.9 Å². The van der Waals surface area contributed by atoms with Crippen LogP contribution in [0.3, 0.4) is 0 Å². The zero-order valence-electron chi connectivity index (χ0n) is 7.61. The number of aryl methyl sites for hydroxylation is 2. The minimum absolute atomic E-state index is 0.593.